The Hall–Kier alpha value is -2.01. The van der Waals surface area contributed by atoms with Gasteiger partial charge in [0.15, 0.2) is 0 Å². The molecule has 0 amide bonds. The first-order valence-electron chi connectivity index (χ1n) is 6.20. The van der Waals surface area contributed by atoms with Gasteiger partial charge >= 0.3 is 0 Å². The first kappa shape index (κ1) is 13.4. The third kappa shape index (κ3) is 3.06. The highest BCUT2D eigenvalue weighted by atomic mass is 32.1. The van der Waals surface area contributed by atoms with E-state index in [2.05, 4.69) is 15.1 Å². The van der Waals surface area contributed by atoms with Crippen LogP contribution in [0.5, 0.6) is 0 Å². The van der Waals surface area contributed by atoms with Crippen LogP contribution in [-0.2, 0) is 0 Å². The predicted molar refractivity (Wildman–Crippen MR) is 78.6 cm³/mol. The van der Waals surface area contributed by atoms with E-state index in [1.54, 1.807) is 22.2 Å². The van der Waals surface area contributed by atoms with Crippen molar-refractivity contribution >= 4 is 11.3 Å². The van der Waals surface area contributed by atoms with Gasteiger partial charge in [-0.15, -0.1) is 11.3 Å². The second-order valence-electron chi connectivity index (χ2n) is 3.69. The molecule has 3 aromatic rings. The Kier molecular flexibility index (Phi) is 4.41. The third-order valence-corrected chi connectivity index (χ3v) is 3.33. The van der Waals surface area contributed by atoms with Gasteiger partial charge in [0.05, 0.1) is 11.9 Å². The maximum atomic E-state index is 4.39. The first-order chi connectivity index (χ1) is 9.33. The summed E-state index contributed by atoms with van der Waals surface area (Å²) in [6.45, 7) is 5.98. The standard InChI is InChI=1S/C12H10N4S.C2H6/c1-9-8-17-12(15-9)16-7-11(6-14-16)10-3-2-4-13-5-10;1-2/h2-8H,1H3;1-2H3. The minimum atomic E-state index is 0.887. The highest BCUT2D eigenvalue weighted by Crippen LogP contribution is 2.20. The van der Waals surface area contributed by atoms with Crippen molar-refractivity contribution in [2.45, 2.75) is 20.8 Å². The van der Waals surface area contributed by atoms with Crippen LogP contribution in [0.25, 0.3) is 16.3 Å². The predicted octanol–water partition coefficient (Wildman–Crippen LogP) is 3.73. The van der Waals surface area contributed by atoms with Crippen molar-refractivity contribution in [2.24, 2.45) is 0 Å². The lowest BCUT2D eigenvalue weighted by Gasteiger charge is -1.94. The van der Waals surface area contributed by atoms with Crippen molar-refractivity contribution in [3.63, 3.8) is 0 Å². The molecule has 0 aliphatic rings. The average Bonchev–Trinajstić information content (AvgIpc) is 3.10. The van der Waals surface area contributed by atoms with E-state index < -0.39 is 0 Å². The number of thiazole rings is 1. The Morgan fingerprint density at radius 2 is 2.00 bits per heavy atom. The van der Waals surface area contributed by atoms with Gasteiger partial charge < -0.3 is 0 Å². The molecule has 19 heavy (non-hydrogen) atoms. The van der Waals surface area contributed by atoms with Gasteiger partial charge in [0.1, 0.15) is 0 Å². The molecule has 0 saturated heterocycles. The highest BCUT2D eigenvalue weighted by Gasteiger charge is 2.05. The largest absolute Gasteiger partial charge is 0.264 e. The molecule has 4 nitrogen and oxygen atoms in total. The summed E-state index contributed by atoms with van der Waals surface area (Å²) in [5.74, 6) is 0. The Morgan fingerprint density at radius 3 is 2.63 bits per heavy atom. The summed E-state index contributed by atoms with van der Waals surface area (Å²) in [6, 6.07) is 3.93. The van der Waals surface area contributed by atoms with Crippen LogP contribution in [-0.4, -0.2) is 19.7 Å². The van der Waals surface area contributed by atoms with Crippen molar-refractivity contribution in [2.75, 3.05) is 0 Å². The topological polar surface area (TPSA) is 43.6 Å². The van der Waals surface area contributed by atoms with Gasteiger partial charge in [-0.25, -0.2) is 9.67 Å². The molecule has 98 valence electrons. The van der Waals surface area contributed by atoms with Crippen molar-refractivity contribution in [3.05, 3.63) is 48.0 Å². The fourth-order valence-corrected chi connectivity index (χ4v) is 2.29. The zero-order valence-corrected chi connectivity index (χ0v) is 12.1. The average molecular weight is 272 g/mol. The van der Waals surface area contributed by atoms with Crippen LogP contribution < -0.4 is 0 Å². The molecule has 0 aliphatic carbocycles. The highest BCUT2D eigenvalue weighted by molar-refractivity contribution is 7.12. The lowest BCUT2D eigenvalue weighted by Crippen LogP contribution is -1.92. The zero-order valence-electron chi connectivity index (χ0n) is 11.2. The summed E-state index contributed by atoms with van der Waals surface area (Å²) < 4.78 is 1.79. The van der Waals surface area contributed by atoms with E-state index in [9.17, 15) is 0 Å². The summed E-state index contributed by atoms with van der Waals surface area (Å²) in [5.41, 5.74) is 3.13. The fraction of sp³-hybridized carbons (Fsp3) is 0.214. The molecule has 0 fully saturated rings. The molecule has 0 saturated carbocycles. The molecule has 0 N–H and O–H groups in total. The normalized spacial score (nSPS) is 9.84. The molecule has 0 atom stereocenters. The summed E-state index contributed by atoms with van der Waals surface area (Å²) in [4.78, 5) is 8.49. The zero-order chi connectivity index (χ0) is 13.7. The van der Waals surface area contributed by atoms with Crippen molar-refractivity contribution in [1.29, 1.82) is 0 Å². The summed E-state index contributed by atoms with van der Waals surface area (Å²) in [7, 11) is 0. The van der Waals surface area contributed by atoms with E-state index >= 15 is 0 Å². The van der Waals surface area contributed by atoms with Gasteiger partial charge in [0.25, 0.3) is 0 Å². The van der Waals surface area contributed by atoms with Crippen LogP contribution >= 0.6 is 11.3 Å². The molecule has 0 radical (unpaired) electrons. The molecule has 0 bridgehead atoms. The second-order valence-corrected chi connectivity index (χ2v) is 4.52. The van der Waals surface area contributed by atoms with E-state index in [0.29, 0.717) is 0 Å². The van der Waals surface area contributed by atoms with Crippen LogP contribution in [0.3, 0.4) is 0 Å². The summed E-state index contributed by atoms with van der Waals surface area (Å²) in [5, 5.41) is 7.21. The number of aromatic nitrogens is 4. The van der Waals surface area contributed by atoms with Crippen LogP contribution in [0.2, 0.25) is 0 Å². The number of hydrogen-bond donors (Lipinski definition) is 0. The van der Waals surface area contributed by atoms with Crippen molar-refractivity contribution in [3.8, 4) is 16.3 Å². The van der Waals surface area contributed by atoms with Gasteiger partial charge in [0.2, 0.25) is 5.13 Å². The van der Waals surface area contributed by atoms with Crippen molar-refractivity contribution in [1.82, 2.24) is 19.7 Å². The quantitative estimate of drug-likeness (QED) is 0.714. The SMILES string of the molecule is CC.Cc1csc(-n2cc(-c3cccnc3)cn2)n1. The van der Waals surface area contributed by atoms with E-state index in [4.69, 9.17) is 0 Å². The Balaban J connectivity index is 0.000000637. The van der Waals surface area contributed by atoms with Crippen LogP contribution in [0, 0.1) is 6.92 Å². The van der Waals surface area contributed by atoms with Gasteiger partial charge in [-0.1, -0.05) is 19.9 Å². The van der Waals surface area contributed by atoms with Crippen LogP contribution in [0.1, 0.15) is 19.5 Å². The van der Waals surface area contributed by atoms with E-state index in [0.717, 1.165) is 22.0 Å². The molecule has 0 aliphatic heterocycles. The summed E-state index contributed by atoms with van der Waals surface area (Å²) in [6.07, 6.45) is 7.38. The van der Waals surface area contributed by atoms with Crippen LogP contribution in [0.15, 0.2) is 42.3 Å². The second kappa shape index (κ2) is 6.24. The fourth-order valence-electron chi connectivity index (χ4n) is 1.56. The minimum absolute atomic E-state index is 0.887. The van der Waals surface area contributed by atoms with Crippen LogP contribution in [0.4, 0.5) is 0 Å². The molecule has 3 rings (SSSR count). The molecule has 0 unspecified atom stereocenters. The Labute approximate surface area is 116 Å². The van der Waals surface area contributed by atoms with Crippen molar-refractivity contribution < 1.29 is 0 Å². The molecular weight excluding hydrogens is 256 g/mol. The number of aryl methyl sites for hydroxylation is 1. The number of pyridine rings is 1. The maximum Gasteiger partial charge on any atom is 0.210 e. The van der Waals surface area contributed by atoms with Gasteiger partial charge in [0, 0.05) is 35.1 Å². The Morgan fingerprint density at radius 1 is 1.16 bits per heavy atom. The number of nitrogens with zero attached hydrogens (tertiary/aromatic N) is 4. The van der Waals surface area contributed by atoms with E-state index in [-0.39, 0.29) is 0 Å². The lowest BCUT2D eigenvalue weighted by molar-refractivity contribution is 0.865. The summed E-state index contributed by atoms with van der Waals surface area (Å²) >= 11 is 1.58. The van der Waals surface area contributed by atoms with E-state index in [1.807, 2.05) is 56.9 Å². The smallest absolute Gasteiger partial charge is 0.210 e. The Bertz CT molecular complexity index is 628. The molecule has 3 heterocycles. The van der Waals surface area contributed by atoms with E-state index in [1.165, 1.54) is 0 Å². The maximum absolute atomic E-state index is 4.39. The van der Waals surface area contributed by atoms with Gasteiger partial charge in [-0.05, 0) is 13.0 Å². The number of rotatable bonds is 2. The molecule has 0 aromatic carbocycles. The monoisotopic (exact) mass is 272 g/mol. The molecule has 0 spiro atoms. The number of hydrogen-bond acceptors (Lipinski definition) is 4. The third-order valence-electron chi connectivity index (χ3n) is 2.38. The van der Waals surface area contributed by atoms with Gasteiger partial charge in [-0.2, -0.15) is 5.10 Å². The first-order valence-corrected chi connectivity index (χ1v) is 7.08. The lowest BCUT2D eigenvalue weighted by atomic mass is 10.2. The molecular formula is C14H16N4S. The molecule has 3 aromatic heterocycles. The van der Waals surface area contributed by atoms with Gasteiger partial charge in [-0.3, -0.25) is 4.98 Å². The minimum Gasteiger partial charge on any atom is -0.264 e. The molecule has 5 heteroatoms.